The monoisotopic (exact) mass is 357 g/mol. The number of amides is 1. The van der Waals surface area contributed by atoms with E-state index in [0.717, 1.165) is 5.56 Å². The topological polar surface area (TPSA) is 93.3 Å². The number of ether oxygens (including phenoxy) is 2. The quantitative estimate of drug-likeness (QED) is 0.684. The maximum Gasteiger partial charge on any atom is 0.354 e. The van der Waals surface area contributed by atoms with Crippen molar-refractivity contribution in [3.8, 4) is 17.0 Å². The molecule has 2 N–H and O–H groups in total. The van der Waals surface area contributed by atoms with Crippen LogP contribution < -0.4 is 10.1 Å². The van der Waals surface area contributed by atoms with Crippen LogP contribution in [-0.4, -0.2) is 36.1 Å². The van der Waals surface area contributed by atoms with Crippen LogP contribution >= 0.6 is 11.3 Å². The maximum absolute atomic E-state index is 12.3. The number of benzene rings is 1. The molecule has 2 heterocycles. The second kappa shape index (κ2) is 7.18. The van der Waals surface area contributed by atoms with E-state index in [1.54, 1.807) is 49.0 Å². The van der Waals surface area contributed by atoms with Crippen molar-refractivity contribution in [1.29, 1.82) is 0 Å². The van der Waals surface area contributed by atoms with Crippen molar-refractivity contribution in [2.75, 3.05) is 19.5 Å². The summed E-state index contributed by atoms with van der Waals surface area (Å²) in [6.45, 7) is 0. The highest BCUT2D eigenvalue weighted by Crippen LogP contribution is 2.26. The Morgan fingerprint density at radius 1 is 1.24 bits per heavy atom. The number of aromatic nitrogens is 2. The lowest BCUT2D eigenvalue weighted by Crippen LogP contribution is -2.11. The molecule has 0 radical (unpaired) electrons. The number of rotatable bonds is 5. The molecule has 0 fully saturated rings. The molecule has 2 aromatic heterocycles. The summed E-state index contributed by atoms with van der Waals surface area (Å²) in [5, 5.41) is 5.01. The summed E-state index contributed by atoms with van der Waals surface area (Å²) < 4.78 is 9.77. The Hall–Kier alpha value is -3.13. The Labute approximate surface area is 147 Å². The number of anilines is 1. The molecule has 7 nitrogen and oxygen atoms in total. The molecule has 0 spiro atoms. The number of carbonyl (C=O) groups excluding carboxylic acids is 2. The van der Waals surface area contributed by atoms with Crippen molar-refractivity contribution in [3.05, 3.63) is 53.2 Å². The summed E-state index contributed by atoms with van der Waals surface area (Å²) in [6.07, 6.45) is 1.66. The third-order valence-electron chi connectivity index (χ3n) is 3.44. The van der Waals surface area contributed by atoms with E-state index in [1.165, 1.54) is 18.4 Å². The molecule has 128 valence electrons. The summed E-state index contributed by atoms with van der Waals surface area (Å²) in [4.78, 5) is 31.0. The number of nitrogens with one attached hydrogen (secondary N) is 2. The minimum Gasteiger partial charge on any atom is -0.497 e. The lowest BCUT2D eigenvalue weighted by atomic mass is 10.2. The van der Waals surface area contributed by atoms with Gasteiger partial charge < -0.3 is 14.5 Å². The van der Waals surface area contributed by atoms with E-state index in [0.29, 0.717) is 27.8 Å². The van der Waals surface area contributed by atoms with Crippen LogP contribution in [0.25, 0.3) is 11.3 Å². The molecule has 0 aliphatic rings. The van der Waals surface area contributed by atoms with Crippen LogP contribution in [0.3, 0.4) is 0 Å². The molecule has 3 rings (SSSR count). The first kappa shape index (κ1) is 16.7. The zero-order chi connectivity index (χ0) is 17.8. The fourth-order valence-electron chi connectivity index (χ4n) is 2.17. The highest BCUT2D eigenvalue weighted by Gasteiger charge is 2.13. The summed E-state index contributed by atoms with van der Waals surface area (Å²) >= 11 is 1.30. The first-order valence-electron chi connectivity index (χ1n) is 7.28. The summed E-state index contributed by atoms with van der Waals surface area (Å²) in [5.41, 5.74) is 2.20. The molecule has 0 saturated heterocycles. The van der Waals surface area contributed by atoms with Gasteiger partial charge in [0.1, 0.15) is 11.4 Å². The van der Waals surface area contributed by atoms with Crippen molar-refractivity contribution in [2.24, 2.45) is 0 Å². The van der Waals surface area contributed by atoms with Gasteiger partial charge >= 0.3 is 5.97 Å². The third-order valence-corrected chi connectivity index (χ3v) is 4.20. The minimum atomic E-state index is -0.451. The summed E-state index contributed by atoms with van der Waals surface area (Å²) in [6, 6.07) is 8.51. The average molecular weight is 357 g/mol. The fourth-order valence-corrected chi connectivity index (χ4v) is 2.88. The largest absolute Gasteiger partial charge is 0.497 e. The molecule has 1 amide bonds. The Balaban J connectivity index is 1.74. The second-order valence-electron chi connectivity index (χ2n) is 5.02. The van der Waals surface area contributed by atoms with Gasteiger partial charge in [-0.15, -0.1) is 11.3 Å². The fraction of sp³-hybridized carbons (Fsp3) is 0.118. The number of hydrogen-bond acceptors (Lipinski definition) is 6. The van der Waals surface area contributed by atoms with Crippen LogP contribution in [-0.2, 0) is 4.74 Å². The predicted octanol–water partition coefficient (Wildman–Crippen LogP) is 3.19. The summed E-state index contributed by atoms with van der Waals surface area (Å²) in [7, 11) is 2.86. The number of nitrogens with zero attached hydrogens (tertiary/aromatic N) is 1. The van der Waals surface area contributed by atoms with Crippen LogP contribution in [0.1, 0.15) is 20.8 Å². The maximum atomic E-state index is 12.3. The zero-order valence-electron chi connectivity index (χ0n) is 13.5. The molecule has 0 aliphatic heterocycles. The van der Waals surface area contributed by atoms with Gasteiger partial charge in [-0.2, -0.15) is 0 Å². The van der Waals surface area contributed by atoms with Gasteiger partial charge in [0.2, 0.25) is 0 Å². The van der Waals surface area contributed by atoms with E-state index in [4.69, 9.17) is 4.74 Å². The van der Waals surface area contributed by atoms with Gasteiger partial charge in [-0.25, -0.2) is 9.78 Å². The lowest BCUT2D eigenvalue weighted by molar-refractivity contribution is 0.0594. The molecule has 0 bridgehead atoms. The van der Waals surface area contributed by atoms with Gasteiger partial charge in [-0.05, 0) is 24.3 Å². The van der Waals surface area contributed by atoms with Crippen LogP contribution in [0.15, 0.2) is 41.9 Å². The van der Waals surface area contributed by atoms with Gasteiger partial charge in [-0.1, -0.05) is 6.07 Å². The van der Waals surface area contributed by atoms with Crippen LogP contribution in [0.4, 0.5) is 5.13 Å². The van der Waals surface area contributed by atoms with E-state index in [1.807, 2.05) is 0 Å². The molecule has 0 unspecified atom stereocenters. The van der Waals surface area contributed by atoms with Crippen molar-refractivity contribution >= 4 is 28.3 Å². The zero-order valence-corrected chi connectivity index (χ0v) is 14.3. The SMILES string of the molecule is COC(=O)c1cc(-c2csc(NC(=O)c3cccc(OC)c3)n2)c[nH]1. The van der Waals surface area contributed by atoms with E-state index < -0.39 is 5.97 Å². The van der Waals surface area contributed by atoms with Crippen LogP contribution in [0.5, 0.6) is 5.75 Å². The molecule has 0 aliphatic carbocycles. The van der Waals surface area contributed by atoms with E-state index >= 15 is 0 Å². The van der Waals surface area contributed by atoms with E-state index in [2.05, 4.69) is 20.0 Å². The van der Waals surface area contributed by atoms with Crippen molar-refractivity contribution in [1.82, 2.24) is 9.97 Å². The molecule has 8 heteroatoms. The Morgan fingerprint density at radius 2 is 2.08 bits per heavy atom. The Bertz CT molecular complexity index is 916. The number of esters is 1. The first-order valence-corrected chi connectivity index (χ1v) is 8.16. The van der Waals surface area contributed by atoms with Gasteiger partial charge in [0.05, 0.1) is 19.9 Å². The van der Waals surface area contributed by atoms with Gasteiger partial charge in [0.25, 0.3) is 5.91 Å². The second-order valence-corrected chi connectivity index (χ2v) is 5.88. The molecule has 0 saturated carbocycles. The van der Waals surface area contributed by atoms with Crippen LogP contribution in [0, 0.1) is 0 Å². The summed E-state index contributed by atoms with van der Waals surface area (Å²) in [5.74, 6) is -0.118. The number of aromatic amines is 1. The van der Waals surface area contributed by atoms with Gasteiger partial charge in [0, 0.05) is 22.7 Å². The third kappa shape index (κ3) is 3.69. The molecule has 0 atom stereocenters. The minimum absolute atomic E-state index is 0.274. The van der Waals surface area contributed by atoms with Crippen LogP contribution in [0.2, 0.25) is 0 Å². The molecule has 1 aromatic carbocycles. The van der Waals surface area contributed by atoms with E-state index in [9.17, 15) is 9.59 Å². The first-order chi connectivity index (χ1) is 12.1. The smallest absolute Gasteiger partial charge is 0.354 e. The molecule has 25 heavy (non-hydrogen) atoms. The van der Waals surface area contributed by atoms with Crippen molar-refractivity contribution in [3.63, 3.8) is 0 Å². The normalized spacial score (nSPS) is 10.3. The Kier molecular flexibility index (Phi) is 4.80. The number of thiazole rings is 1. The number of methoxy groups -OCH3 is 2. The standard InChI is InChI=1S/C17H15N3O4S/c1-23-12-5-3-4-10(6-12)15(21)20-17-19-14(9-25-17)11-7-13(18-8-11)16(22)24-2/h3-9,18H,1-2H3,(H,19,20,21). The van der Waals surface area contributed by atoms with Gasteiger partial charge in [-0.3, -0.25) is 10.1 Å². The number of carbonyl (C=O) groups is 2. The number of H-pyrrole nitrogens is 1. The average Bonchev–Trinajstić information content (AvgIpc) is 3.30. The Morgan fingerprint density at radius 3 is 2.84 bits per heavy atom. The predicted molar refractivity (Wildman–Crippen MR) is 94.2 cm³/mol. The van der Waals surface area contributed by atoms with Crippen molar-refractivity contribution in [2.45, 2.75) is 0 Å². The lowest BCUT2D eigenvalue weighted by Gasteiger charge is -2.04. The van der Waals surface area contributed by atoms with Gasteiger partial charge in [0.15, 0.2) is 5.13 Å². The number of hydrogen-bond donors (Lipinski definition) is 2. The molecular formula is C17H15N3O4S. The van der Waals surface area contributed by atoms with Crippen molar-refractivity contribution < 1.29 is 19.1 Å². The highest BCUT2D eigenvalue weighted by molar-refractivity contribution is 7.14. The molecule has 3 aromatic rings. The van der Waals surface area contributed by atoms with E-state index in [-0.39, 0.29) is 5.91 Å². The molecular weight excluding hydrogens is 342 g/mol. The highest BCUT2D eigenvalue weighted by atomic mass is 32.1.